The van der Waals surface area contributed by atoms with E-state index in [4.69, 9.17) is 9.47 Å². The molecule has 1 aromatic carbocycles. The zero-order chi connectivity index (χ0) is 18.1. The first-order valence-electron chi connectivity index (χ1n) is 9.15. The fraction of sp³-hybridized carbons (Fsp3) is 0.632. The molecule has 1 atom stereocenters. The monoisotopic (exact) mass is 349 g/mol. The van der Waals surface area contributed by atoms with Gasteiger partial charge in [0.25, 0.3) is 0 Å². The van der Waals surface area contributed by atoms with Crippen molar-refractivity contribution in [2.24, 2.45) is 0 Å². The fourth-order valence-electron chi connectivity index (χ4n) is 2.79. The average molecular weight is 349 g/mol. The molecule has 140 valence electrons. The number of ether oxygens (including phenoxy) is 2. The first-order chi connectivity index (χ1) is 12.0. The van der Waals surface area contributed by atoms with E-state index in [1.54, 1.807) is 0 Å². The Morgan fingerprint density at radius 1 is 1.28 bits per heavy atom. The molecule has 2 N–H and O–H groups in total. The Morgan fingerprint density at radius 2 is 2.04 bits per heavy atom. The summed E-state index contributed by atoms with van der Waals surface area (Å²) in [5.74, 6) is 0.826. The van der Waals surface area contributed by atoms with Crippen LogP contribution in [0.4, 0.5) is 4.79 Å². The highest BCUT2D eigenvalue weighted by molar-refractivity contribution is 5.74. The van der Waals surface area contributed by atoms with Crippen LogP contribution in [0.15, 0.2) is 24.3 Å². The fourth-order valence-corrected chi connectivity index (χ4v) is 2.79. The second kappa shape index (κ2) is 10.3. The Balaban J connectivity index is 1.68. The van der Waals surface area contributed by atoms with Crippen molar-refractivity contribution in [3.05, 3.63) is 29.8 Å². The van der Waals surface area contributed by atoms with Crippen LogP contribution in [0.5, 0.6) is 5.75 Å². The molecule has 1 saturated heterocycles. The molecular weight excluding hydrogens is 318 g/mol. The standard InChI is InChI=1S/C19H31N3O3/c1-15(2)25-18-7-4-6-17(14-18)16(3)21-19(23)20-8-5-9-22-10-12-24-13-11-22/h4,6-7,14-16H,5,8-13H2,1-3H3,(H2,20,21,23). The van der Waals surface area contributed by atoms with Crippen molar-refractivity contribution in [3.63, 3.8) is 0 Å². The molecule has 25 heavy (non-hydrogen) atoms. The van der Waals surface area contributed by atoms with E-state index >= 15 is 0 Å². The van der Waals surface area contributed by atoms with E-state index < -0.39 is 0 Å². The van der Waals surface area contributed by atoms with E-state index in [1.165, 1.54) is 0 Å². The third kappa shape index (κ3) is 7.32. The molecule has 1 heterocycles. The molecule has 0 radical (unpaired) electrons. The molecule has 1 aliphatic rings. The van der Waals surface area contributed by atoms with Gasteiger partial charge in [0, 0.05) is 19.6 Å². The van der Waals surface area contributed by atoms with E-state index in [1.807, 2.05) is 45.0 Å². The molecule has 1 aromatic rings. The molecule has 2 rings (SSSR count). The van der Waals surface area contributed by atoms with Crippen molar-refractivity contribution < 1.29 is 14.3 Å². The number of amides is 2. The normalized spacial score (nSPS) is 16.5. The minimum atomic E-state index is -0.135. The van der Waals surface area contributed by atoms with Crippen molar-refractivity contribution in [2.45, 2.75) is 39.3 Å². The molecule has 0 aromatic heterocycles. The van der Waals surface area contributed by atoms with Crippen LogP contribution < -0.4 is 15.4 Å². The lowest BCUT2D eigenvalue weighted by Gasteiger charge is -2.26. The number of benzene rings is 1. The molecule has 2 amide bonds. The molecule has 1 unspecified atom stereocenters. The zero-order valence-electron chi connectivity index (χ0n) is 15.6. The predicted molar refractivity (Wildman–Crippen MR) is 99.0 cm³/mol. The molecule has 6 heteroatoms. The highest BCUT2D eigenvalue weighted by Gasteiger charge is 2.12. The number of hydrogen-bond acceptors (Lipinski definition) is 4. The van der Waals surface area contributed by atoms with Crippen molar-refractivity contribution in [3.8, 4) is 5.75 Å². The van der Waals surface area contributed by atoms with Gasteiger partial charge in [0.2, 0.25) is 0 Å². The van der Waals surface area contributed by atoms with Gasteiger partial charge in [-0.15, -0.1) is 0 Å². The zero-order valence-corrected chi connectivity index (χ0v) is 15.6. The minimum absolute atomic E-state index is 0.0741. The van der Waals surface area contributed by atoms with Crippen LogP contribution in [-0.4, -0.2) is 56.4 Å². The lowest BCUT2D eigenvalue weighted by atomic mass is 10.1. The lowest BCUT2D eigenvalue weighted by Crippen LogP contribution is -2.40. The summed E-state index contributed by atoms with van der Waals surface area (Å²) in [6, 6.07) is 7.65. The number of nitrogens with zero attached hydrogens (tertiary/aromatic N) is 1. The quantitative estimate of drug-likeness (QED) is 0.708. The largest absolute Gasteiger partial charge is 0.491 e. The summed E-state index contributed by atoms with van der Waals surface area (Å²) in [5, 5.41) is 5.91. The van der Waals surface area contributed by atoms with Crippen LogP contribution in [0.3, 0.4) is 0 Å². The molecule has 1 aliphatic heterocycles. The van der Waals surface area contributed by atoms with Crippen LogP contribution >= 0.6 is 0 Å². The highest BCUT2D eigenvalue weighted by atomic mass is 16.5. The third-order valence-electron chi connectivity index (χ3n) is 4.12. The van der Waals surface area contributed by atoms with Gasteiger partial charge in [0.1, 0.15) is 5.75 Å². The number of urea groups is 1. The Kier molecular flexibility index (Phi) is 8.01. The van der Waals surface area contributed by atoms with Gasteiger partial charge >= 0.3 is 6.03 Å². The third-order valence-corrected chi connectivity index (χ3v) is 4.12. The maximum Gasteiger partial charge on any atom is 0.315 e. The SMILES string of the molecule is CC(C)Oc1cccc(C(C)NC(=O)NCCCN2CCOCC2)c1. The van der Waals surface area contributed by atoms with Crippen LogP contribution in [0.1, 0.15) is 38.8 Å². The van der Waals surface area contributed by atoms with Crippen molar-refractivity contribution in [1.29, 1.82) is 0 Å². The number of carbonyl (C=O) groups is 1. The summed E-state index contributed by atoms with van der Waals surface area (Å²) in [5.41, 5.74) is 1.03. The number of carbonyl (C=O) groups excluding carboxylic acids is 1. The summed E-state index contributed by atoms with van der Waals surface area (Å²) in [4.78, 5) is 14.4. The average Bonchev–Trinajstić information content (AvgIpc) is 2.59. The summed E-state index contributed by atoms with van der Waals surface area (Å²) < 4.78 is 11.0. The number of hydrogen-bond donors (Lipinski definition) is 2. The first-order valence-corrected chi connectivity index (χ1v) is 9.15. The van der Waals surface area contributed by atoms with Gasteiger partial charge in [0.15, 0.2) is 0 Å². The summed E-state index contributed by atoms with van der Waals surface area (Å²) in [7, 11) is 0. The van der Waals surface area contributed by atoms with E-state index in [0.29, 0.717) is 6.54 Å². The van der Waals surface area contributed by atoms with Crippen molar-refractivity contribution >= 4 is 6.03 Å². The maximum absolute atomic E-state index is 12.1. The topological polar surface area (TPSA) is 62.8 Å². The summed E-state index contributed by atoms with van der Waals surface area (Å²) in [6.45, 7) is 11.2. The van der Waals surface area contributed by atoms with Crippen LogP contribution in [-0.2, 0) is 4.74 Å². The Bertz CT molecular complexity index is 530. The van der Waals surface area contributed by atoms with E-state index in [-0.39, 0.29) is 18.2 Å². The first kappa shape index (κ1) is 19.5. The number of nitrogens with one attached hydrogen (secondary N) is 2. The van der Waals surface area contributed by atoms with Gasteiger partial charge in [-0.05, 0) is 51.4 Å². The second-order valence-corrected chi connectivity index (χ2v) is 6.67. The predicted octanol–water partition coefficient (Wildman–Crippen LogP) is 2.56. The summed E-state index contributed by atoms with van der Waals surface area (Å²) >= 11 is 0. The molecule has 0 spiro atoms. The number of morpholine rings is 1. The lowest BCUT2D eigenvalue weighted by molar-refractivity contribution is 0.0375. The van der Waals surface area contributed by atoms with Crippen molar-refractivity contribution in [1.82, 2.24) is 15.5 Å². The Hall–Kier alpha value is -1.79. The second-order valence-electron chi connectivity index (χ2n) is 6.67. The van der Waals surface area contributed by atoms with Crippen molar-refractivity contribution in [2.75, 3.05) is 39.4 Å². The molecule has 0 saturated carbocycles. The molecule has 0 aliphatic carbocycles. The van der Waals surface area contributed by atoms with Gasteiger partial charge in [-0.25, -0.2) is 4.79 Å². The molecule has 0 bridgehead atoms. The van der Waals surface area contributed by atoms with E-state index in [0.717, 1.165) is 50.6 Å². The van der Waals surface area contributed by atoms with E-state index in [9.17, 15) is 4.79 Å². The van der Waals surface area contributed by atoms with Gasteiger partial charge in [-0.1, -0.05) is 12.1 Å². The van der Waals surface area contributed by atoms with Crippen LogP contribution in [0.25, 0.3) is 0 Å². The van der Waals surface area contributed by atoms with E-state index in [2.05, 4.69) is 15.5 Å². The van der Waals surface area contributed by atoms with Gasteiger partial charge in [-0.3, -0.25) is 4.90 Å². The summed E-state index contributed by atoms with van der Waals surface area (Å²) in [6.07, 6.45) is 1.08. The molecular formula is C19H31N3O3. The smallest absolute Gasteiger partial charge is 0.315 e. The van der Waals surface area contributed by atoms with Crippen LogP contribution in [0.2, 0.25) is 0 Å². The van der Waals surface area contributed by atoms with Crippen LogP contribution in [0, 0.1) is 0 Å². The Labute approximate surface area is 150 Å². The van der Waals surface area contributed by atoms with Gasteiger partial charge < -0.3 is 20.1 Å². The minimum Gasteiger partial charge on any atom is -0.491 e. The molecule has 1 fully saturated rings. The number of rotatable bonds is 8. The maximum atomic E-state index is 12.1. The Morgan fingerprint density at radius 3 is 2.76 bits per heavy atom. The van der Waals surface area contributed by atoms with Gasteiger partial charge in [-0.2, -0.15) is 0 Å². The highest BCUT2D eigenvalue weighted by Crippen LogP contribution is 2.20. The molecule has 6 nitrogen and oxygen atoms in total. The van der Waals surface area contributed by atoms with Gasteiger partial charge in [0.05, 0.1) is 25.4 Å².